The summed E-state index contributed by atoms with van der Waals surface area (Å²) in [5.41, 5.74) is 24.5. The number of carbonyl (C=O) groups excluding carboxylic acids is 7. The molecule has 7 amide bonds. The molecule has 17 N–H and O–H groups in total. The normalized spacial score (nSPS) is 24.1. The quantitative estimate of drug-likeness (QED) is 0.0501. The number of aliphatic hydroxyl groups excluding tert-OH is 1. The van der Waals surface area contributed by atoms with Gasteiger partial charge >= 0.3 is 0 Å². The largest absolute Gasteiger partial charge is 0.376 e. The average Bonchev–Trinajstić information content (AvgIpc) is 3.65. The number of aliphatic imine (C=N–C) groups is 1. The number of nitrogens with zero attached hydrogens (tertiary/aromatic N) is 1. The molecule has 1 fully saturated rings. The first-order chi connectivity index (χ1) is 30.1. The van der Waals surface area contributed by atoms with E-state index in [0.717, 1.165) is 10.9 Å². The van der Waals surface area contributed by atoms with Gasteiger partial charge < -0.3 is 64.9 Å². The van der Waals surface area contributed by atoms with Crippen LogP contribution in [0.4, 0.5) is 0 Å². The highest BCUT2D eigenvalue weighted by molar-refractivity contribution is 5.95. The lowest BCUT2D eigenvalue weighted by Crippen LogP contribution is -2.61. The van der Waals surface area contributed by atoms with Crippen LogP contribution in [-0.4, -0.2) is 120 Å². The summed E-state index contributed by atoms with van der Waals surface area (Å²) in [4.78, 5) is 101. The van der Waals surface area contributed by atoms with Crippen molar-refractivity contribution in [3.05, 3.63) is 71.9 Å². The van der Waals surface area contributed by atoms with E-state index < -0.39 is 84.3 Å². The molecule has 21 nitrogen and oxygen atoms in total. The molecule has 0 aliphatic carbocycles. The molecule has 1 aromatic heterocycles. The highest BCUT2D eigenvalue weighted by Crippen LogP contribution is 2.20. The van der Waals surface area contributed by atoms with Crippen LogP contribution in [0.15, 0.2) is 65.8 Å². The molecule has 342 valence electrons. The van der Waals surface area contributed by atoms with Crippen molar-refractivity contribution < 1.29 is 38.7 Å². The number of guanidine groups is 1. The Hall–Kier alpha value is -6.58. The summed E-state index contributed by atoms with van der Waals surface area (Å²) in [6.07, 6.45) is 0.500. The van der Waals surface area contributed by atoms with Gasteiger partial charge in [-0.3, -0.25) is 43.9 Å². The molecule has 0 saturated carbocycles. The van der Waals surface area contributed by atoms with Gasteiger partial charge in [0.1, 0.15) is 24.4 Å². The zero-order chi connectivity index (χ0) is 45.9. The number of hydrogen-bond acceptors (Lipinski definition) is 11. The predicted molar refractivity (Wildman–Crippen MR) is 235 cm³/mol. The first-order valence-corrected chi connectivity index (χ1v) is 21.0. The van der Waals surface area contributed by atoms with Crippen LogP contribution in [0.3, 0.4) is 0 Å². The molecule has 21 heteroatoms. The Morgan fingerprint density at radius 2 is 1.48 bits per heavy atom. The van der Waals surface area contributed by atoms with E-state index in [0.29, 0.717) is 24.0 Å². The second-order valence-corrected chi connectivity index (χ2v) is 15.5. The van der Waals surface area contributed by atoms with Gasteiger partial charge in [-0.15, -0.1) is 0 Å². The summed E-state index contributed by atoms with van der Waals surface area (Å²) < 4.78 is 0. The number of aromatic amines is 1. The lowest BCUT2D eigenvalue weighted by atomic mass is 10.0. The summed E-state index contributed by atoms with van der Waals surface area (Å²) in [7, 11) is 1.51. The summed E-state index contributed by atoms with van der Waals surface area (Å²) in [6.45, 7) is 0.324. The van der Waals surface area contributed by atoms with Gasteiger partial charge in [0.25, 0.3) is 0 Å². The van der Waals surface area contributed by atoms with E-state index in [1.807, 2.05) is 24.3 Å². The number of likely N-dealkylation sites (N-methyl/N-ethyl adjacent to an activating group) is 1. The fourth-order valence-corrected chi connectivity index (χ4v) is 7.22. The Bertz CT molecular complexity index is 2060. The first kappa shape index (κ1) is 49.1. The van der Waals surface area contributed by atoms with Crippen molar-refractivity contribution in [2.24, 2.45) is 27.9 Å². The fraction of sp³-hybridized carbons (Fsp3) is 0.476. The van der Waals surface area contributed by atoms with Crippen molar-refractivity contribution >= 4 is 58.2 Å². The maximum absolute atomic E-state index is 14.4. The number of nitrogens with two attached hydrogens (primary N) is 4. The van der Waals surface area contributed by atoms with Crippen molar-refractivity contribution in [1.29, 1.82) is 0 Å². The number of para-hydroxylation sites is 1. The number of aliphatic hydroxyl groups is 1. The van der Waals surface area contributed by atoms with E-state index in [1.54, 1.807) is 36.5 Å². The second kappa shape index (κ2) is 24.8. The van der Waals surface area contributed by atoms with Crippen LogP contribution in [0.2, 0.25) is 0 Å². The van der Waals surface area contributed by atoms with E-state index in [1.165, 1.54) is 7.05 Å². The van der Waals surface area contributed by atoms with Crippen molar-refractivity contribution in [1.82, 2.24) is 42.2 Å². The number of rotatable bonds is 12. The van der Waals surface area contributed by atoms with Crippen LogP contribution in [-0.2, 0) is 46.4 Å². The third-order valence-electron chi connectivity index (χ3n) is 10.6. The van der Waals surface area contributed by atoms with Crippen LogP contribution in [0.5, 0.6) is 0 Å². The minimum atomic E-state index is -1.73. The van der Waals surface area contributed by atoms with Crippen LogP contribution in [0.25, 0.3) is 10.9 Å². The number of benzene rings is 2. The number of amides is 7. The Balaban J connectivity index is 1.73. The first-order valence-electron chi connectivity index (χ1n) is 21.0. The number of fused-ring (bicyclic) bond motifs is 1. The van der Waals surface area contributed by atoms with Gasteiger partial charge in [-0.2, -0.15) is 0 Å². The maximum atomic E-state index is 14.4. The SMILES string of the molecule is CN[C@H]1CCC(=O)NCCCC[C@@H](C(N)=O)NC(=O)[C@H](Cc2c[nH]c3ccccc23)NC(=O)[C@H](CCCN=C(N)N)NC(=O)[C@@H](Cc2ccccc2)NC(O)[C@H](CC(N)=O)NC1=O. The molecule has 0 bridgehead atoms. The third kappa shape index (κ3) is 16.0. The molecule has 0 radical (unpaired) electrons. The minimum absolute atomic E-state index is 0.0113. The minimum Gasteiger partial charge on any atom is -0.376 e. The lowest BCUT2D eigenvalue weighted by Gasteiger charge is -2.30. The van der Waals surface area contributed by atoms with Crippen molar-refractivity contribution in [2.45, 2.75) is 107 Å². The molecule has 1 saturated heterocycles. The van der Waals surface area contributed by atoms with E-state index in [2.05, 4.69) is 47.2 Å². The topological polar surface area (TPSA) is 356 Å². The molecule has 1 unspecified atom stereocenters. The Morgan fingerprint density at radius 1 is 0.794 bits per heavy atom. The molecule has 1 aliphatic heterocycles. The number of primary amides is 2. The summed E-state index contributed by atoms with van der Waals surface area (Å²) in [6, 6.07) is 8.91. The average molecular weight is 876 g/mol. The van der Waals surface area contributed by atoms with E-state index in [9.17, 15) is 38.7 Å². The van der Waals surface area contributed by atoms with Crippen LogP contribution < -0.4 is 60.2 Å². The van der Waals surface area contributed by atoms with Gasteiger partial charge in [0.15, 0.2) is 5.96 Å². The number of carbonyl (C=O) groups is 7. The molecule has 63 heavy (non-hydrogen) atoms. The van der Waals surface area contributed by atoms with Crippen LogP contribution >= 0.6 is 0 Å². The van der Waals surface area contributed by atoms with Crippen LogP contribution in [0.1, 0.15) is 62.5 Å². The van der Waals surface area contributed by atoms with E-state index in [-0.39, 0.29) is 69.9 Å². The van der Waals surface area contributed by atoms with Gasteiger partial charge in [0, 0.05) is 43.0 Å². The lowest BCUT2D eigenvalue weighted by molar-refractivity contribution is -0.134. The molecule has 2 aromatic carbocycles. The van der Waals surface area contributed by atoms with E-state index >= 15 is 0 Å². The Kier molecular flexibility index (Phi) is 19.3. The highest BCUT2D eigenvalue weighted by atomic mass is 16.3. The number of nitrogens with one attached hydrogen (secondary N) is 8. The molecule has 3 aromatic rings. The van der Waals surface area contributed by atoms with Gasteiger partial charge in [-0.25, -0.2) is 0 Å². The zero-order valence-electron chi connectivity index (χ0n) is 35.4. The fourth-order valence-electron chi connectivity index (χ4n) is 7.22. The molecule has 4 rings (SSSR count). The molecule has 0 spiro atoms. The van der Waals surface area contributed by atoms with Crippen molar-refractivity contribution in [3.63, 3.8) is 0 Å². The number of hydrogen-bond donors (Lipinski definition) is 13. The molecule has 1 aliphatic rings. The maximum Gasteiger partial charge on any atom is 0.243 e. The highest BCUT2D eigenvalue weighted by Gasteiger charge is 2.34. The van der Waals surface area contributed by atoms with Crippen molar-refractivity contribution in [3.8, 4) is 0 Å². The molecule has 7 atom stereocenters. The van der Waals surface area contributed by atoms with Gasteiger partial charge in [-0.1, -0.05) is 48.5 Å². The third-order valence-corrected chi connectivity index (χ3v) is 10.6. The summed E-state index contributed by atoms with van der Waals surface area (Å²) >= 11 is 0. The van der Waals surface area contributed by atoms with Gasteiger partial charge in [0.05, 0.1) is 24.5 Å². The van der Waals surface area contributed by atoms with Gasteiger partial charge in [-0.05, 0) is 69.2 Å². The second-order valence-electron chi connectivity index (χ2n) is 15.5. The van der Waals surface area contributed by atoms with Crippen LogP contribution in [0, 0.1) is 0 Å². The van der Waals surface area contributed by atoms with E-state index in [4.69, 9.17) is 22.9 Å². The Morgan fingerprint density at radius 3 is 2.17 bits per heavy atom. The summed E-state index contributed by atoms with van der Waals surface area (Å²) in [5.74, 6) is -5.06. The molecular formula is C42H61N13O8. The monoisotopic (exact) mass is 875 g/mol. The van der Waals surface area contributed by atoms with Crippen molar-refractivity contribution in [2.75, 3.05) is 20.1 Å². The number of aromatic nitrogens is 1. The molecular weight excluding hydrogens is 815 g/mol. The molecule has 2 heterocycles. The zero-order valence-corrected chi connectivity index (χ0v) is 35.4. The number of H-pyrrole nitrogens is 1. The Labute approximate surface area is 365 Å². The standard InChI is InChI=1S/C42H61N13O8/c1-47-29-16-17-35(57)48-18-8-7-14-28(36(44)58)51-40(62)32(21-25-23-50-27-13-6-5-12-26(25)27)54-38(60)30(15-9-19-49-42(45)46)52-39(61)31(20-24-10-3-2-4-11-24)53-41(63)33(22-34(43)56)55-37(29)59/h2-6,10-13,23,28-33,41,47,50,53,63H,7-9,14-22H2,1H3,(H2,43,56)(H2,44,58)(H,48,57)(H,51,62)(H,52,61)(H,54,60)(H,55,59)(H4,45,46,49)/t28-,29-,30-,31+,32-,33-,41?/m0/s1. The predicted octanol–water partition coefficient (Wildman–Crippen LogP) is -2.75. The summed E-state index contributed by atoms with van der Waals surface area (Å²) in [5, 5.41) is 31.6. The van der Waals surface area contributed by atoms with Gasteiger partial charge in [0.2, 0.25) is 41.4 Å². The smallest absolute Gasteiger partial charge is 0.243 e.